The Kier molecular flexibility index (Phi) is 5.47. The molecule has 0 radical (unpaired) electrons. The van der Waals surface area contributed by atoms with Crippen LogP contribution in [0.25, 0.3) is 0 Å². The Balaban J connectivity index is 2.16. The van der Waals surface area contributed by atoms with Gasteiger partial charge in [-0.3, -0.25) is 0 Å². The molecule has 2 rings (SSSR count). The quantitative estimate of drug-likeness (QED) is 0.563. The van der Waals surface area contributed by atoms with Crippen LogP contribution >= 0.6 is 58.0 Å². The van der Waals surface area contributed by atoms with Crippen molar-refractivity contribution in [2.24, 2.45) is 0 Å². The van der Waals surface area contributed by atoms with Gasteiger partial charge in [0.05, 0.1) is 36.5 Å². The molecule has 0 bridgehead atoms. The van der Waals surface area contributed by atoms with E-state index in [1.807, 2.05) is 0 Å². The number of carbonyl (C=O) groups is 1. The third-order valence-corrected chi connectivity index (χ3v) is 4.31. The lowest BCUT2D eigenvalue weighted by Gasteiger charge is -2.11. The lowest BCUT2D eigenvalue weighted by atomic mass is 10.3. The summed E-state index contributed by atoms with van der Waals surface area (Å²) in [5.74, 6) is 0. The monoisotopic (exact) mass is 382 g/mol. The van der Waals surface area contributed by atoms with E-state index in [0.717, 1.165) is 0 Å². The van der Waals surface area contributed by atoms with Crippen molar-refractivity contribution in [1.29, 1.82) is 0 Å². The van der Waals surface area contributed by atoms with Gasteiger partial charge in [0.15, 0.2) is 0 Å². The van der Waals surface area contributed by atoms with Crippen molar-refractivity contribution in [3.63, 3.8) is 0 Å². The van der Waals surface area contributed by atoms with E-state index in [1.165, 1.54) is 12.1 Å². The van der Waals surface area contributed by atoms with E-state index in [4.69, 9.17) is 58.0 Å². The molecule has 110 valence electrons. The second-order valence-corrected chi connectivity index (χ2v) is 5.93. The highest BCUT2D eigenvalue weighted by atomic mass is 35.5. The summed E-state index contributed by atoms with van der Waals surface area (Å²) in [5.41, 5.74) is 0.694. The summed E-state index contributed by atoms with van der Waals surface area (Å²) in [6.07, 6.45) is 0. The maximum atomic E-state index is 11.9. The normalized spacial score (nSPS) is 10.3. The number of halogens is 5. The summed E-state index contributed by atoms with van der Waals surface area (Å²) >= 11 is 29.5. The second kappa shape index (κ2) is 6.95. The maximum Gasteiger partial charge on any atom is 0.323 e. The molecule has 2 aromatic carbocycles. The van der Waals surface area contributed by atoms with Crippen LogP contribution in [0, 0.1) is 0 Å². The molecule has 2 amide bonds. The Bertz CT molecular complexity index is 705. The molecule has 0 fully saturated rings. The van der Waals surface area contributed by atoms with E-state index in [2.05, 4.69) is 10.6 Å². The number of hydrogen-bond acceptors (Lipinski definition) is 1. The first kappa shape index (κ1) is 16.5. The number of nitrogens with one attached hydrogen (secondary N) is 2. The highest BCUT2D eigenvalue weighted by Gasteiger charge is 2.11. The van der Waals surface area contributed by atoms with Gasteiger partial charge in [0.25, 0.3) is 0 Å². The van der Waals surface area contributed by atoms with Crippen LogP contribution < -0.4 is 10.6 Å². The largest absolute Gasteiger partial charge is 0.323 e. The van der Waals surface area contributed by atoms with Gasteiger partial charge < -0.3 is 10.6 Å². The van der Waals surface area contributed by atoms with Gasteiger partial charge in [0, 0.05) is 0 Å². The summed E-state index contributed by atoms with van der Waals surface area (Å²) in [6.45, 7) is 0. The lowest BCUT2D eigenvalue weighted by Crippen LogP contribution is -2.19. The van der Waals surface area contributed by atoms with Gasteiger partial charge in [-0.1, -0.05) is 64.1 Å². The molecule has 3 nitrogen and oxygen atoms in total. The summed E-state index contributed by atoms with van der Waals surface area (Å²) in [5, 5.41) is 6.52. The standard InChI is InChI=1S/C13H7Cl5N2O/c14-6-2-1-3-10(12(6)18)19-13(21)20-11-5-8(16)7(15)4-9(11)17/h1-5H,(H2,19,20,21). The average molecular weight is 384 g/mol. The van der Waals surface area contributed by atoms with Crippen molar-refractivity contribution in [2.45, 2.75) is 0 Å². The SMILES string of the molecule is O=C(Nc1cc(Cl)c(Cl)cc1Cl)Nc1cccc(Cl)c1Cl. The molecule has 21 heavy (non-hydrogen) atoms. The number of rotatable bonds is 2. The fourth-order valence-electron chi connectivity index (χ4n) is 1.49. The van der Waals surface area contributed by atoms with Gasteiger partial charge in [0.2, 0.25) is 0 Å². The molecule has 0 aliphatic heterocycles. The van der Waals surface area contributed by atoms with Crippen molar-refractivity contribution in [1.82, 2.24) is 0 Å². The number of urea groups is 1. The molecule has 0 aromatic heterocycles. The first-order chi connectivity index (χ1) is 9.88. The first-order valence-corrected chi connectivity index (χ1v) is 7.44. The van der Waals surface area contributed by atoms with Gasteiger partial charge in [-0.05, 0) is 24.3 Å². The van der Waals surface area contributed by atoms with Crippen LogP contribution in [0.5, 0.6) is 0 Å². The average Bonchev–Trinajstić information content (AvgIpc) is 2.41. The molecular weight excluding hydrogens is 377 g/mol. The summed E-state index contributed by atoms with van der Waals surface area (Å²) in [6, 6.07) is 7.24. The van der Waals surface area contributed by atoms with Crippen LogP contribution in [0.2, 0.25) is 25.1 Å². The molecule has 0 saturated heterocycles. The molecule has 0 aliphatic carbocycles. The minimum absolute atomic E-state index is 0.245. The summed E-state index contributed by atoms with van der Waals surface area (Å²) < 4.78 is 0. The molecule has 0 aliphatic rings. The Labute approximate surface area is 146 Å². The van der Waals surface area contributed by atoms with Crippen LogP contribution in [-0.4, -0.2) is 6.03 Å². The van der Waals surface area contributed by atoms with E-state index < -0.39 is 6.03 Å². The summed E-state index contributed by atoms with van der Waals surface area (Å²) in [7, 11) is 0. The topological polar surface area (TPSA) is 41.1 Å². The molecule has 0 unspecified atom stereocenters. The van der Waals surface area contributed by atoms with Crippen molar-refractivity contribution >= 4 is 75.4 Å². The van der Waals surface area contributed by atoms with Crippen molar-refractivity contribution in [3.8, 4) is 0 Å². The van der Waals surface area contributed by atoms with E-state index in [-0.39, 0.29) is 15.1 Å². The number of hydrogen-bond donors (Lipinski definition) is 2. The summed E-state index contributed by atoms with van der Waals surface area (Å²) in [4.78, 5) is 11.9. The third kappa shape index (κ3) is 4.09. The van der Waals surface area contributed by atoms with Crippen molar-refractivity contribution in [2.75, 3.05) is 10.6 Å². The minimum atomic E-state index is -0.542. The van der Waals surface area contributed by atoms with Crippen LogP contribution in [0.3, 0.4) is 0 Å². The molecular formula is C13H7Cl5N2O. The van der Waals surface area contributed by atoms with Gasteiger partial charge in [0.1, 0.15) is 0 Å². The first-order valence-electron chi connectivity index (χ1n) is 5.55. The van der Waals surface area contributed by atoms with Crippen LogP contribution in [0.4, 0.5) is 16.2 Å². The van der Waals surface area contributed by atoms with Gasteiger partial charge in [-0.2, -0.15) is 0 Å². The molecule has 2 aromatic rings. The maximum absolute atomic E-state index is 11.9. The van der Waals surface area contributed by atoms with Gasteiger partial charge in [-0.15, -0.1) is 0 Å². The second-order valence-electron chi connectivity index (χ2n) is 3.93. The molecule has 0 saturated carbocycles. The van der Waals surface area contributed by atoms with Gasteiger partial charge in [-0.25, -0.2) is 4.79 Å². The Morgan fingerprint density at radius 1 is 0.762 bits per heavy atom. The van der Waals surface area contributed by atoms with E-state index >= 15 is 0 Å². The van der Waals surface area contributed by atoms with E-state index in [9.17, 15) is 4.79 Å². The zero-order chi connectivity index (χ0) is 15.6. The van der Waals surface area contributed by atoms with Gasteiger partial charge >= 0.3 is 6.03 Å². The smallest absolute Gasteiger partial charge is 0.306 e. The van der Waals surface area contributed by atoms with Crippen molar-refractivity contribution < 1.29 is 4.79 Å². The van der Waals surface area contributed by atoms with E-state index in [1.54, 1.807) is 18.2 Å². The highest BCUT2D eigenvalue weighted by molar-refractivity contribution is 6.45. The van der Waals surface area contributed by atoms with E-state index in [0.29, 0.717) is 21.4 Å². The number of carbonyl (C=O) groups excluding carboxylic acids is 1. The Morgan fingerprint density at radius 2 is 1.38 bits per heavy atom. The lowest BCUT2D eigenvalue weighted by molar-refractivity contribution is 0.262. The Morgan fingerprint density at radius 3 is 2.10 bits per heavy atom. The predicted molar refractivity (Wildman–Crippen MR) is 90.6 cm³/mol. The molecule has 0 atom stereocenters. The molecule has 0 spiro atoms. The minimum Gasteiger partial charge on any atom is -0.306 e. The molecule has 2 N–H and O–H groups in total. The third-order valence-electron chi connectivity index (χ3n) is 2.46. The zero-order valence-corrected chi connectivity index (χ0v) is 14.0. The fourth-order valence-corrected chi connectivity index (χ4v) is 2.44. The van der Waals surface area contributed by atoms with Crippen molar-refractivity contribution in [3.05, 3.63) is 55.4 Å². The molecule has 8 heteroatoms. The predicted octanol–water partition coefficient (Wildman–Crippen LogP) is 6.60. The fraction of sp³-hybridized carbons (Fsp3) is 0. The van der Waals surface area contributed by atoms with Crippen LogP contribution in [0.15, 0.2) is 30.3 Å². The van der Waals surface area contributed by atoms with Crippen LogP contribution in [0.1, 0.15) is 0 Å². The highest BCUT2D eigenvalue weighted by Crippen LogP contribution is 2.33. The number of amides is 2. The number of benzene rings is 2. The molecule has 0 heterocycles. The zero-order valence-electron chi connectivity index (χ0n) is 10.2. The Hall–Kier alpha value is -0.840. The van der Waals surface area contributed by atoms with Crippen LogP contribution in [-0.2, 0) is 0 Å². The number of anilines is 2.